The number of thioether (sulfide) groups is 1. The summed E-state index contributed by atoms with van der Waals surface area (Å²) in [5, 5.41) is 1.39. The molecule has 0 saturated heterocycles. The second-order valence-corrected chi connectivity index (χ2v) is 5.14. The quantitative estimate of drug-likeness (QED) is 0.797. The second-order valence-electron chi connectivity index (χ2n) is 3.26. The first-order valence-electron chi connectivity index (χ1n) is 4.83. The molecule has 0 fully saturated rings. The van der Waals surface area contributed by atoms with Crippen molar-refractivity contribution in [1.29, 1.82) is 0 Å². The molecule has 0 bridgehead atoms. The van der Waals surface area contributed by atoms with Crippen LogP contribution in [0.3, 0.4) is 0 Å². The van der Waals surface area contributed by atoms with E-state index in [1.807, 2.05) is 23.9 Å². The molecule has 0 radical (unpaired) electrons. The molecule has 0 amide bonds. The Morgan fingerprint density at radius 2 is 2.21 bits per heavy atom. The molecule has 1 aromatic rings. The molecule has 0 aliphatic carbocycles. The summed E-state index contributed by atoms with van der Waals surface area (Å²) >= 11 is 7.91. The van der Waals surface area contributed by atoms with Gasteiger partial charge in [-0.15, -0.1) is 11.8 Å². The molecule has 3 heteroatoms. The Morgan fingerprint density at radius 1 is 1.50 bits per heavy atom. The van der Waals surface area contributed by atoms with Crippen LogP contribution in [0, 0.1) is 0 Å². The first-order chi connectivity index (χ1) is 6.69. The van der Waals surface area contributed by atoms with Crippen molar-refractivity contribution >= 4 is 23.4 Å². The van der Waals surface area contributed by atoms with E-state index in [1.54, 1.807) is 0 Å². The van der Waals surface area contributed by atoms with Gasteiger partial charge in [-0.2, -0.15) is 0 Å². The summed E-state index contributed by atoms with van der Waals surface area (Å²) in [6, 6.07) is 5.96. The van der Waals surface area contributed by atoms with Crippen LogP contribution in [0.5, 0.6) is 0 Å². The van der Waals surface area contributed by atoms with E-state index in [1.165, 1.54) is 4.90 Å². The van der Waals surface area contributed by atoms with Crippen LogP contribution >= 0.6 is 23.4 Å². The van der Waals surface area contributed by atoms with Crippen LogP contribution in [-0.2, 0) is 6.54 Å². The van der Waals surface area contributed by atoms with Crippen LogP contribution in [0.15, 0.2) is 23.1 Å². The van der Waals surface area contributed by atoms with Gasteiger partial charge < -0.3 is 5.73 Å². The van der Waals surface area contributed by atoms with Gasteiger partial charge in [-0.1, -0.05) is 31.5 Å². The van der Waals surface area contributed by atoms with Crippen LogP contribution < -0.4 is 5.73 Å². The number of halogens is 1. The smallest absolute Gasteiger partial charge is 0.0462 e. The van der Waals surface area contributed by atoms with Gasteiger partial charge in [-0.25, -0.2) is 0 Å². The van der Waals surface area contributed by atoms with E-state index in [2.05, 4.69) is 19.9 Å². The molecule has 1 aromatic carbocycles. The van der Waals surface area contributed by atoms with Crippen molar-refractivity contribution in [2.24, 2.45) is 5.73 Å². The number of hydrogen-bond donors (Lipinski definition) is 1. The Balaban J connectivity index is 2.90. The van der Waals surface area contributed by atoms with E-state index in [9.17, 15) is 0 Å². The Bertz CT molecular complexity index is 301. The van der Waals surface area contributed by atoms with Crippen molar-refractivity contribution < 1.29 is 0 Å². The van der Waals surface area contributed by atoms with Crippen molar-refractivity contribution in [2.45, 2.75) is 37.0 Å². The zero-order chi connectivity index (χ0) is 10.6. The van der Waals surface area contributed by atoms with Gasteiger partial charge in [0.25, 0.3) is 0 Å². The average Bonchev–Trinajstić information content (AvgIpc) is 2.18. The lowest BCUT2D eigenvalue weighted by Gasteiger charge is -2.12. The Labute approximate surface area is 95.0 Å². The second kappa shape index (κ2) is 5.64. The van der Waals surface area contributed by atoms with Gasteiger partial charge in [-0.3, -0.25) is 0 Å². The van der Waals surface area contributed by atoms with E-state index >= 15 is 0 Å². The number of nitrogens with two attached hydrogens (primary N) is 1. The molecule has 1 unspecified atom stereocenters. The summed E-state index contributed by atoms with van der Waals surface area (Å²) in [6.45, 7) is 4.91. The average molecular weight is 230 g/mol. The summed E-state index contributed by atoms with van der Waals surface area (Å²) in [4.78, 5) is 1.22. The van der Waals surface area contributed by atoms with Crippen molar-refractivity contribution in [3.05, 3.63) is 28.8 Å². The molecule has 14 heavy (non-hydrogen) atoms. The van der Waals surface area contributed by atoms with Crippen molar-refractivity contribution in [3.8, 4) is 0 Å². The minimum Gasteiger partial charge on any atom is -0.326 e. The Hall–Kier alpha value is -0.180. The standard InChI is InChI=1S/C11H16ClNS/c1-3-8(2)14-11-6-4-5-10(12)9(11)7-13/h4-6,8H,3,7,13H2,1-2H3. The van der Waals surface area contributed by atoms with E-state index in [-0.39, 0.29) is 0 Å². The van der Waals surface area contributed by atoms with E-state index in [0.29, 0.717) is 11.8 Å². The van der Waals surface area contributed by atoms with Crippen LogP contribution in [0.1, 0.15) is 25.8 Å². The molecule has 1 atom stereocenters. The molecular weight excluding hydrogens is 214 g/mol. The van der Waals surface area contributed by atoms with Gasteiger partial charge >= 0.3 is 0 Å². The largest absolute Gasteiger partial charge is 0.326 e. The molecule has 1 nitrogen and oxygen atoms in total. The molecular formula is C11H16ClNS. The first-order valence-corrected chi connectivity index (χ1v) is 6.08. The highest BCUT2D eigenvalue weighted by Crippen LogP contribution is 2.31. The summed E-state index contributed by atoms with van der Waals surface area (Å²) in [6.07, 6.45) is 1.15. The number of benzene rings is 1. The highest BCUT2D eigenvalue weighted by atomic mass is 35.5. The fourth-order valence-corrected chi connectivity index (χ4v) is 2.55. The molecule has 1 rings (SSSR count). The maximum absolute atomic E-state index is 6.06. The normalized spacial score (nSPS) is 12.9. The zero-order valence-electron chi connectivity index (χ0n) is 8.59. The van der Waals surface area contributed by atoms with Crippen molar-refractivity contribution in [1.82, 2.24) is 0 Å². The summed E-state index contributed by atoms with van der Waals surface area (Å²) in [5.41, 5.74) is 6.74. The molecule has 2 N–H and O–H groups in total. The van der Waals surface area contributed by atoms with Gasteiger partial charge in [-0.05, 0) is 24.1 Å². The maximum Gasteiger partial charge on any atom is 0.0462 e. The van der Waals surface area contributed by atoms with Crippen molar-refractivity contribution in [2.75, 3.05) is 0 Å². The van der Waals surface area contributed by atoms with Gasteiger partial charge in [0.05, 0.1) is 0 Å². The van der Waals surface area contributed by atoms with Gasteiger partial charge in [0.15, 0.2) is 0 Å². The molecule has 0 spiro atoms. The highest BCUT2D eigenvalue weighted by molar-refractivity contribution is 8.00. The van der Waals surface area contributed by atoms with Crippen LogP contribution in [0.25, 0.3) is 0 Å². The lowest BCUT2D eigenvalue weighted by Crippen LogP contribution is -2.01. The fourth-order valence-electron chi connectivity index (χ4n) is 1.15. The molecule has 0 aliphatic heterocycles. The molecule has 0 aliphatic rings. The van der Waals surface area contributed by atoms with Crippen molar-refractivity contribution in [3.63, 3.8) is 0 Å². The molecule has 78 valence electrons. The predicted molar refractivity (Wildman–Crippen MR) is 65.0 cm³/mol. The van der Waals surface area contributed by atoms with Crippen LogP contribution in [0.2, 0.25) is 5.02 Å². The monoisotopic (exact) mass is 229 g/mol. The third-order valence-corrected chi connectivity index (χ3v) is 3.91. The number of rotatable bonds is 4. The van der Waals surface area contributed by atoms with Gasteiger partial charge in [0.2, 0.25) is 0 Å². The maximum atomic E-state index is 6.06. The minimum absolute atomic E-state index is 0.512. The van der Waals surface area contributed by atoms with Crippen LogP contribution in [-0.4, -0.2) is 5.25 Å². The summed E-state index contributed by atoms with van der Waals surface area (Å²) in [5.74, 6) is 0. The first kappa shape index (κ1) is 11.9. The Morgan fingerprint density at radius 3 is 2.79 bits per heavy atom. The topological polar surface area (TPSA) is 26.0 Å². The third kappa shape index (κ3) is 2.91. The molecule has 0 aromatic heterocycles. The fraction of sp³-hybridized carbons (Fsp3) is 0.455. The minimum atomic E-state index is 0.512. The van der Waals surface area contributed by atoms with Crippen LogP contribution in [0.4, 0.5) is 0 Å². The lowest BCUT2D eigenvalue weighted by atomic mass is 10.2. The van der Waals surface area contributed by atoms with Gasteiger partial charge in [0, 0.05) is 21.7 Å². The SMILES string of the molecule is CCC(C)Sc1cccc(Cl)c1CN. The number of hydrogen-bond acceptors (Lipinski definition) is 2. The van der Waals surface area contributed by atoms with E-state index in [0.717, 1.165) is 17.0 Å². The summed E-state index contributed by atoms with van der Waals surface area (Å²) < 4.78 is 0. The molecule has 0 heterocycles. The Kier molecular flexibility index (Phi) is 4.79. The zero-order valence-corrected chi connectivity index (χ0v) is 10.2. The summed E-state index contributed by atoms with van der Waals surface area (Å²) in [7, 11) is 0. The van der Waals surface area contributed by atoms with Gasteiger partial charge in [0.1, 0.15) is 0 Å². The predicted octanol–water partition coefficient (Wildman–Crippen LogP) is 3.69. The molecule has 0 saturated carbocycles. The van der Waals surface area contributed by atoms with E-state index in [4.69, 9.17) is 17.3 Å². The third-order valence-electron chi connectivity index (χ3n) is 2.18. The highest BCUT2D eigenvalue weighted by Gasteiger charge is 2.08. The van der Waals surface area contributed by atoms with E-state index < -0.39 is 0 Å². The lowest BCUT2D eigenvalue weighted by molar-refractivity contribution is 0.902.